The lowest BCUT2D eigenvalue weighted by atomic mass is 10.2. The quantitative estimate of drug-likeness (QED) is 0.687. The van der Waals surface area contributed by atoms with Gasteiger partial charge in [0.25, 0.3) is 0 Å². The minimum atomic E-state index is -0.394. The van der Waals surface area contributed by atoms with Crippen LogP contribution >= 0.6 is 11.8 Å². The molecule has 1 aliphatic heterocycles. The van der Waals surface area contributed by atoms with E-state index in [4.69, 9.17) is 9.47 Å². The van der Waals surface area contributed by atoms with Gasteiger partial charge >= 0.3 is 5.97 Å². The number of ether oxygens (including phenoxy) is 2. The molecule has 0 radical (unpaired) electrons. The van der Waals surface area contributed by atoms with Crippen molar-refractivity contribution in [2.75, 3.05) is 19.0 Å². The van der Waals surface area contributed by atoms with Gasteiger partial charge < -0.3 is 14.8 Å². The molecule has 0 aliphatic carbocycles. The third-order valence-electron chi connectivity index (χ3n) is 3.97. The number of para-hydroxylation sites is 2. The van der Waals surface area contributed by atoms with Crippen LogP contribution in [0.25, 0.3) is 0 Å². The number of carbonyl (C=O) groups is 1. The first-order valence-electron chi connectivity index (χ1n) is 8.85. The van der Waals surface area contributed by atoms with Crippen LogP contribution in [0.1, 0.15) is 18.9 Å². The van der Waals surface area contributed by atoms with E-state index in [1.807, 2.05) is 36.4 Å². The first-order valence-corrected chi connectivity index (χ1v) is 9.83. The number of esters is 1. The molecular formula is C21H21FN2O3S. The van der Waals surface area contributed by atoms with E-state index in [1.54, 1.807) is 13.0 Å². The molecule has 146 valence electrons. The monoisotopic (exact) mass is 400 g/mol. The molecule has 28 heavy (non-hydrogen) atoms. The van der Waals surface area contributed by atoms with Crippen LogP contribution in [0.4, 0.5) is 15.8 Å². The van der Waals surface area contributed by atoms with E-state index < -0.39 is 5.82 Å². The van der Waals surface area contributed by atoms with Crippen molar-refractivity contribution in [1.29, 1.82) is 0 Å². The zero-order valence-electron chi connectivity index (χ0n) is 15.7. The number of hydrogen-bond donors (Lipinski definition) is 1. The van der Waals surface area contributed by atoms with Gasteiger partial charge in [-0.3, -0.25) is 4.79 Å². The minimum absolute atomic E-state index is 0.124. The van der Waals surface area contributed by atoms with Crippen LogP contribution in [-0.2, 0) is 15.3 Å². The smallest absolute Gasteiger partial charge is 0.311 e. The first-order chi connectivity index (χ1) is 13.6. The Labute approximate surface area is 167 Å². The van der Waals surface area contributed by atoms with E-state index in [9.17, 15) is 9.18 Å². The molecule has 3 rings (SSSR count). The average Bonchev–Trinajstić information content (AvgIpc) is 2.85. The van der Waals surface area contributed by atoms with Crippen molar-refractivity contribution in [1.82, 2.24) is 0 Å². The van der Waals surface area contributed by atoms with Crippen molar-refractivity contribution in [3.8, 4) is 5.75 Å². The number of methoxy groups -OCH3 is 1. The Balaban J connectivity index is 1.80. The van der Waals surface area contributed by atoms with Crippen molar-refractivity contribution in [3.63, 3.8) is 0 Å². The number of thioether (sulfide) groups is 1. The van der Waals surface area contributed by atoms with E-state index in [0.717, 1.165) is 22.0 Å². The van der Waals surface area contributed by atoms with Crippen molar-refractivity contribution in [2.24, 2.45) is 4.99 Å². The van der Waals surface area contributed by atoms with Crippen LogP contribution in [-0.4, -0.2) is 24.7 Å². The molecule has 0 unspecified atom stereocenters. The molecule has 0 fully saturated rings. The topological polar surface area (TPSA) is 59.9 Å². The number of benzene rings is 2. The standard InChI is InChI=1S/C21H21FN2O3S/c1-3-27-21(25)12-15-11-20(24-18-7-5-4-6-17(18)23-15)28-13-14-8-9-19(26-2)16(22)10-14/h4-11,23H,3,12-13H2,1-2H3. The average molecular weight is 400 g/mol. The molecular weight excluding hydrogens is 379 g/mol. The Morgan fingerprint density at radius 3 is 2.82 bits per heavy atom. The van der Waals surface area contributed by atoms with E-state index in [1.165, 1.54) is 24.9 Å². The van der Waals surface area contributed by atoms with Gasteiger partial charge in [-0.25, -0.2) is 9.38 Å². The summed E-state index contributed by atoms with van der Waals surface area (Å²) >= 11 is 1.47. The molecule has 0 aromatic heterocycles. The molecule has 0 bridgehead atoms. The van der Waals surface area contributed by atoms with Crippen LogP contribution in [0.3, 0.4) is 0 Å². The van der Waals surface area contributed by atoms with Gasteiger partial charge in [0.1, 0.15) is 0 Å². The molecule has 1 aliphatic rings. The SMILES string of the molecule is CCOC(=O)CC1=CC(SCc2ccc(OC)c(F)c2)=Nc2ccccc2N1. The number of aliphatic imine (C=N–C) groups is 1. The summed E-state index contributed by atoms with van der Waals surface area (Å²) in [4.78, 5) is 16.6. The Morgan fingerprint density at radius 1 is 1.25 bits per heavy atom. The van der Waals surface area contributed by atoms with E-state index >= 15 is 0 Å². The summed E-state index contributed by atoms with van der Waals surface area (Å²) in [5.41, 5.74) is 3.12. The summed E-state index contributed by atoms with van der Waals surface area (Å²) in [6.07, 6.45) is 1.96. The predicted molar refractivity (Wildman–Crippen MR) is 111 cm³/mol. The third-order valence-corrected chi connectivity index (χ3v) is 4.95. The minimum Gasteiger partial charge on any atom is -0.494 e. The van der Waals surface area contributed by atoms with Crippen LogP contribution in [0.2, 0.25) is 0 Å². The summed E-state index contributed by atoms with van der Waals surface area (Å²) in [6.45, 7) is 2.11. The Bertz CT molecular complexity index is 928. The largest absolute Gasteiger partial charge is 0.494 e. The highest BCUT2D eigenvalue weighted by Crippen LogP contribution is 2.32. The predicted octanol–water partition coefficient (Wildman–Crippen LogP) is 5.06. The molecule has 5 nitrogen and oxygen atoms in total. The van der Waals surface area contributed by atoms with Gasteiger partial charge in [0.2, 0.25) is 0 Å². The van der Waals surface area contributed by atoms with Gasteiger partial charge in [-0.05, 0) is 42.8 Å². The summed E-state index contributed by atoms with van der Waals surface area (Å²) in [5.74, 6) is 0.0527. The zero-order valence-corrected chi connectivity index (χ0v) is 16.5. The van der Waals surface area contributed by atoms with E-state index in [0.29, 0.717) is 18.1 Å². The second-order valence-corrected chi connectivity index (χ2v) is 7.00. The molecule has 0 saturated heterocycles. The van der Waals surface area contributed by atoms with Gasteiger partial charge in [0.15, 0.2) is 11.6 Å². The molecule has 1 heterocycles. The molecule has 0 atom stereocenters. The fourth-order valence-electron chi connectivity index (χ4n) is 2.68. The maximum Gasteiger partial charge on any atom is 0.311 e. The number of hydrogen-bond acceptors (Lipinski definition) is 6. The lowest BCUT2D eigenvalue weighted by Gasteiger charge is -2.10. The highest BCUT2D eigenvalue weighted by atomic mass is 32.2. The van der Waals surface area contributed by atoms with Gasteiger partial charge in [-0.15, -0.1) is 11.8 Å². The van der Waals surface area contributed by atoms with Crippen molar-refractivity contribution in [3.05, 3.63) is 65.6 Å². The summed E-state index contributed by atoms with van der Waals surface area (Å²) in [7, 11) is 1.44. The fraction of sp³-hybridized carbons (Fsp3) is 0.238. The van der Waals surface area contributed by atoms with Crippen LogP contribution in [0, 0.1) is 5.82 Å². The lowest BCUT2D eigenvalue weighted by molar-refractivity contribution is -0.142. The fourth-order valence-corrected chi connectivity index (χ4v) is 3.56. The molecule has 2 aromatic carbocycles. The van der Waals surface area contributed by atoms with E-state index in [2.05, 4.69) is 10.3 Å². The Hall–Kier alpha value is -2.80. The van der Waals surface area contributed by atoms with Crippen molar-refractivity contribution >= 4 is 34.1 Å². The Kier molecular flexibility index (Phi) is 6.71. The van der Waals surface area contributed by atoms with Crippen molar-refractivity contribution in [2.45, 2.75) is 19.1 Å². The molecule has 0 saturated carbocycles. The molecule has 7 heteroatoms. The number of halogens is 1. The normalized spacial score (nSPS) is 12.8. The highest BCUT2D eigenvalue weighted by molar-refractivity contribution is 8.13. The Morgan fingerprint density at radius 2 is 2.07 bits per heavy atom. The van der Waals surface area contributed by atoms with Gasteiger partial charge in [-0.2, -0.15) is 0 Å². The van der Waals surface area contributed by atoms with Crippen LogP contribution in [0.15, 0.2) is 59.2 Å². The van der Waals surface area contributed by atoms with E-state index in [-0.39, 0.29) is 18.1 Å². The zero-order chi connectivity index (χ0) is 19.9. The van der Waals surface area contributed by atoms with Gasteiger partial charge in [0, 0.05) is 11.4 Å². The number of rotatable bonds is 6. The number of nitrogens with one attached hydrogen (secondary N) is 1. The number of carbonyl (C=O) groups excluding carboxylic acids is 1. The molecule has 0 spiro atoms. The first kappa shape index (κ1) is 19.9. The molecule has 0 amide bonds. The van der Waals surface area contributed by atoms with Crippen molar-refractivity contribution < 1.29 is 18.7 Å². The lowest BCUT2D eigenvalue weighted by Crippen LogP contribution is -2.10. The second kappa shape index (κ2) is 9.41. The number of fused-ring (bicyclic) bond motifs is 1. The summed E-state index contributed by atoms with van der Waals surface area (Å²) < 4.78 is 23.9. The van der Waals surface area contributed by atoms with Gasteiger partial charge in [0.05, 0.1) is 36.6 Å². The molecule has 2 aromatic rings. The third kappa shape index (κ3) is 5.13. The van der Waals surface area contributed by atoms with Crippen LogP contribution < -0.4 is 10.1 Å². The highest BCUT2D eigenvalue weighted by Gasteiger charge is 2.15. The summed E-state index contributed by atoms with van der Waals surface area (Å²) in [6, 6.07) is 12.5. The van der Waals surface area contributed by atoms with Gasteiger partial charge in [-0.1, -0.05) is 18.2 Å². The molecule has 1 N–H and O–H groups in total. The maximum atomic E-state index is 13.9. The number of nitrogens with zero attached hydrogens (tertiary/aromatic N) is 1. The number of anilines is 1. The second-order valence-electron chi connectivity index (χ2n) is 6.00. The maximum absolute atomic E-state index is 13.9. The summed E-state index contributed by atoms with van der Waals surface area (Å²) in [5, 5.41) is 3.99. The van der Waals surface area contributed by atoms with Crippen LogP contribution in [0.5, 0.6) is 5.75 Å².